The summed E-state index contributed by atoms with van der Waals surface area (Å²) in [6.07, 6.45) is 7.23. The molecular formula is C66H74BN3O. The molecule has 4 nitrogen and oxygen atoms in total. The standard InChI is InChI=1S/C66H74BN3O/c1-60(2,3)39-22-27-51-48(33-39)65(14)28-18-19-29-66(65,15)70(51)43-24-26-49-52(38-43)68(42-23-25-46-47(37-42)64(12,13)31-30-63(46,10)11)53-35-41(62(7,8)9)36-54-57(53)67(49)50-34-40(61(4,5)6)32-45-56-44-20-16-17-21-55(44)71-59(56)69(54)58(45)50/h16-17,20-27,32-38H,18-19,28-31H2,1-15H3. The van der Waals surface area contributed by atoms with Gasteiger partial charge >= 0.3 is 0 Å². The van der Waals surface area contributed by atoms with Crippen molar-refractivity contribution in [1.82, 2.24) is 4.57 Å². The molecule has 13 rings (SSSR count). The van der Waals surface area contributed by atoms with Crippen LogP contribution in [0.1, 0.15) is 176 Å². The van der Waals surface area contributed by atoms with E-state index in [9.17, 15) is 0 Å². The lowest BCUT2D eigenvalue weighted by Crippen LogP contribution is -2.61. The number of hydrogen-bond acceptors (Lipinski definition) is 3. The van der Waals surface area contributed by atoms with Gasteiger partial charge in [-0.2, -0.15) is 0 Å². The zero-order chi connectivity index (χ0) is 49.9. The number of nitrogens with zero attached hydrogens (tertiary/aromatic N) is 3. The molecule has 3 aliphatic heterocycles. The number of fused-ring (bicyclic) bond motifs is 13. The van der Waals surface area contributed by atoms with Crippen molar-refractivity contribution in [2.75, 3.05) is 9.80 Å². The van der Waals surface area contributed by atoms with Crippen LogP contribution in [-0.2, 0) is 32.5 Å². The number of aromatic nitrogens is 1. The van der Waals surface area contributed by atoms with Crippen LogP contribution in [-0.4, -0.2) is 16.8 Å². The first-order chi connectivity index (χ1) is 33.3. The number of anilines is 5. The van der Waals surface area contributed by atoms with Gasteiger partial charge in [0.15, 0.2) is 0 Å². The third kappa shape index (κ3) is 6.04. The molecule has 6 aromatic carbocycles. The van der Waals surface area contributed by atoms with E-state index in [1.54, 1.807) is 0 Å². The van der Waals surface area contributed by atoms with E-state index in [-0.39, 0.29) is 44.7 Å². The Balaban J connectivity index is 1.16. The predicted octanol–water partition coefficient (Wildman–Crippen LogP) is 16.1. The summed E-state index contributed by atoms with van der Waals surface area (Å²) in [6, 6.07) is 41.6. The van der Waals surface area contributed by atoms with Gasteiger partial charge in [0.05, 0.1) is 16.4 Å². The second-order valence-corrected chi connectivity index (χ2v) is 27.6. The molecule has 5 heteroatoms. The summed E-state index contributed by atoms with van der Waals surface area (Å²) in [7, 11) is 0. The number of para-hydroxylation sites is 1. The van der Waals surface area contributed by atoms with Crippen molar-refractivity contribution in [3.05, 3.63) is 137 Å². The minimum absolute atomic E-state index is 0.000585. The molecule has 1 saturated carbocycles. The van der Waals surface area contributed by atoms with Crippen LogP contribution in [0.25, 0.3) is 38.7 Å². The highest BCUT2D eigenvalue weighted by Crippen LogP contribution is 2.62. The van der Waals surface area contributed by atoms with Gasteiger partial charge in [-0.15, -0.1) is 0 Å². The van der Waals surface area contributed by atoms with E-state index in [0.717, 1.165) is 17.7 Å². The number of rotatable bonds is 2. The summed E-state index contributed by atoms with van der Waals surface area (Å²) in [4.78, 5) is 5.51. The van der Waals surface area contributed by atoms with Gasteiger partial charge in [-0.1, -0.05) is 158 Å². The molecule has 2 aliphatic carbocycles. The first kappa shape index (κ1) is 45.2. The summed E-state index contributed by atoms with van der Waals surface area (Å²) >= 11 is 0. The van der Waals surface area contributed by atoms with Crippen molar-refractivity contribution in [3.63, 3.8) is 0 Å². The SMILES string of the molecule is CC(C)(C)c1cc2c3c(c1)-n1c4oc5ccccc5c4c4cc(C(C)(C)C)cc(c41)B3c1ccc(N3c4ccc(C(C)(C)C)cc4C4(C)CCCCC34C)cc1N2c1ccc2c(c1)C(C)(C)CCC2(C)C. The molecule has 2 aromatic heterocycles. The van der Waals surface area contributed by atoms with Crippen LogP contribution in [0.4, 0.5) is 28.4 Å². The van der Waals surface area contributed by atoms with Crippen LogP contribution >= 0.6 is 0 Å². The molecule has 0 bridgehead atoms. The molecule has 0 spiro atoms. The highest BCUT2D eigenvalue weighted by Gasteiger charge is 2.58. The van der Waals surface area contributed by atoms with Crippen molar-refractivity contribution in [3.8, 4) is 5.69 Å². The highest BCUT2D eigenvalue weighted by atomic mass is 16.3. The average Bonchev–Trinajstić information content (AvgIpc) is 3.91. The zero-order valence-electron chi connectivity index (χ0n) is 45.4. The van der Waals surface area contributed by atoms with E-state index in [1.807, 2.05) is 0 Å². The van der Waals surface area contributed by atoms with Crippen molar-refractivity contribution in [2.24, 2.45) is 0 Å². The van der Waals surface area contributed by atoms with Crippen LogP contribution in [0, 0.1) is 0 Å². The monoisotopic (exact) mass is 936 g/mol. The Morgan fingerprint density at radius 1 is 0.507 bits per heavy atom. The topological polar surface area (TPSA) is 24.6 Å². The molecular weight excluding hydrogens is 862 g/mol. The molecule has 1 fully saturated rings. The fraction of sp³-hybridized carbons (Fsp3) is 0.424. The highest BCUT2D eigenvalue weighted by molar-refractivity contribution is 7.00. The maximum absolute atomic E-state index is 7.10. The number of hydrogen-bond donors (Lipinski definition) is 0. The minimum Gasteiger partial charge on any atom is -0.439 e. The van der Waals surface area contributed by atoms with Crippen molar-refractivity contribution < 1.29 is 4.42 Å². The van der Waals surface area contributed by atoms with Gasteiger partial charge in [-0.25, -0.2) is 0 Å². The van der Waals surface area contributed by atoms with Crippen molar-refractivity contribution in [2.45, 2.75) is 180 Å². The van der Waals surface area contributed by atoms with Crippen LogP contribution in [0.5, 0.6) is 0 Å². The molecule has 5 heterocycles. The molecule has 8 aromatic rings. The summed E-state index contributed by atoms with van der Waals surface area (Å²) < 4.78 is 9.63. The van der Waals surface area contributed by atoms with E-state index in [0.29, 0.717) is 0 Å². The number of furan rings is 1. The summed E-state index contributed by atoms with van der Waals surface area (Å²) in [6.45, 7) is 36.4. The first-order valence-corrected chi connectivity index (χ1v) is 27.1. The molecule has 5 aliphatic rings. The lowest BCUT2D eigenvalue weighted by molar-refractivity contribution is 0.195. The van der Waals surface area contributed by atoms with Gasteiger partial charge in [-0.3, -0.25) is 4.57 Å². The summed E-state index contributed by atoms with van der Waals surface area (Å²) in [5.74, 6) is 0. The van der Waals surface area contributed by atoms with Crippen LogP contribution in [0.2, 0.25) is 0 Å². The van der Waals surface area contributed by atoms with Gasteiger partial charge in [0.2, 0.25) is 5.71 Å². The third-order valence-electron chi connectivity index (χ3n) is 19.3. The van der Waals surface area contributed by atoms with E-state index in [4.69, 9.17) is 4.42 Å². The molecule has 71 heavy (non-hydrogen) atoms. The molecule has 2 atom stereocenters. The van der Waals surface area contributed by atoms with E-state index in [2.05, 4.69) is 221 Å². The van der Waals surface area contributed by atoms with Crippen LogP contribution < -0.4 is 26.2 Å². The summed E-state index contributed by atoms with van der Waals surface area (Å²) in [5, 5.41) is 3.68. The molecule has 2 unspecified atom stereocenters. The molecule has 0 saturated heterocycles. The Bertz CT molecular complexity index is 3610. The molecule has 0 amide bonds. The van der Waals surface area contributed by atoms with Crippen LogP contribution in [0.3, 0.4) is 0 Å². The Morgan fingerprint density at radius 3 is 1.90 bits per heavy atom. The van der Waals surface area contributed by atoms with Gasteiger partial charge in [-0.05, 0) is 164 Å². The molecule has 0 N–H and O–H groups in total. The molecule has 0 radical (unpaired) electrons. The Morgan fingerprint density at radius 2 is 1.17 bits per heavy atom. The van der Waals surface area contributed by atoms with E-state index in [1.165, 1.54) is 138 Å². The van der Waals surface area contributed by atoms with Gasteiger partial charge in [0.1, 0.15) is 5.58 Å². The Hall–Kier alpha value is -5.68. The first-order valence-electron chi connectivity index (χ1n) is 27.1. The second kappa shape index (κ2) is 14.1. The van der Waals surface area contributed by atoms with Gasteiger partial charge in [0, 0.05) is 50.3 Å². The maximum Gasteiger partial charge on any atom is 0.252 e. The van der Waals surface area contributed by atoms with Gasteiger partial charge < -0.3 is 14.2 Å². The smallest absolute Gasteiger partial charge is 0.252 e. The quantitative estimate of drug-likeness (QED) is 0.161. The van der Waals surface area contributed by atoms with E-state index < -0.39 is 0 Å². The average molecular weight is 936 g/mol. The number of benzene rings is 6. The third-order valence-corrected chi connectivity index (χ3v) is 19.3. The van der Waals surface area contributed by atoms with E-state index >= 15 is 0 Å². The van der Waals surface area contributed by atoms with Gasteiger partial charge in [0.25, 0.3) is 6.71 Å². The fourth-order valence-corrected chi connectivity index (χ4v) is 14.6. The summed E-state index contributed by atoms with van der Waals surface area (Å²) in [5.41, 5.74) is 23.5. The zero-order valence-corrected chi connectivity index (χ0v) is 45.4. The normalized spacial score (nSPS) is 21.9. The minimum atomic E-state index is -0.127. The lowest BCUT2D eigenvalue weighted by atomic mass is 9.33. The predicted molar refractivity (Wildman–Crippen MR) is 304 cm³/mol. The fourth-order valence-electron chi connectivity index (χ4n) is 14.6. The van der Waals surface area contributed by atoms with Crippen molar-refractivity contribution >= 4 is 84.5 Å². The van der Waals surface area contributed by atoms with Crippen LogP contribution in [0.15, 0.2) is 108 Å². The molecule has 362 valence electrons. The second-order valence-electron chi connectivity index (χ2n) is 27.6. The Kier molecular flexibility index (Phi) is 8.97. The largest absolute Gasteiger partial charge is 0.439 e. The van der Waals surface area contributed by atoms with Crippen molar-refractivity contribution in [1.29, 1.82) is 0 Å². The lowest BCUT2D eigenvalue weighted by Gasteiger charge is -2.50. The Labute approximate surface area is 423 Å². The maximum atomic E-state index is 7.10.